The van der Waals surface area contributed by atoms with Crippen molar-refractivity contribution in [2.75, 3.05) is 5.32 Å². The zero-order chi connectivity index (χ0) is 19.6. The smallest absolute Gasteiger partial charge is 0.296 e. The highest BCUT2D eigenvalue weighted by atomic mass is 35.5. The number of carbonyl (C=O) groups excluding carboxylic acids is 2. The minimum Gasteiger partial charge on any atom is -0.344 e. The Morgan fingerprint density at radius 1 is 0.963 bits per heavy atom. The van der Waals surface area contributed by atoms with Gasteiger partial charge in [0.1, 0.15) is 0 Å². The first-order valence-corrected chi connectivity index (χ1v) is 9.13. The molecule has 3 rings (SSSR count). The lowest BCUT2D eigenvalue weighted by Gasteiger charge is -2.10. The number of nitrogens with zero attached hydrogens (tertiary/aromatic N) is 1. The van der Waals surface area contributed by atoms with E-state index in [9.17, 15) is 9.59 Å². The zero-order valence-corrected chi connectivity index (χ0v) is 16.4. The fourth-order valence-corrected chi connectivity index (χ4v) is 3.24. The quantitative estimate of drug-likeness (QED) is 0.467. The Morgan fingerprint density at radius 3 is 2.33 bits per heavy atom. The first-order chi connectivity index (χ1) is 12.8. The highest BCUT2D eigenvalue weighted by Crippen LogP contribution is 2.20. The second kappa shape index (κ2) is 7.99. The van der Waals surface area contributed by atoms with Gasteiger partial charge < -0.3 is 9.88 Å². The van der Waals surface area contributed by atoms with Crippen LogP contribution in [0.15, 0.2) is 54.6 Å². The molecule has 1 amide bonds. The van der Waals surface area contributed by atoms with Crippen molar-refractivity contribution in [2.45, 2.75) is 20.4 Å². The number of Topliss-reactive ketones (excluding diaryl/α,β-unsaturated/α-hetero) is 1. The van der Waals surface area contributed by atoms with Crippen molar-refractivity contribution < 1.29 is 9.59 Å². The molecule has 0 unspecified atom stereocenters. The van der Waals surface area contributed by atoms with Crippen molar-refractivity contribution in [3.05, 3.63) is 87.2 Å². The molecular formula is C21H18Cl2N2O2. The maximum absolute atomic E-state index is 12.6. The van der Waals surface area contributed by atoms with E-state index >= 15 is 0 Å². The van der Waals surface area contributed by atoms with E-state index in [1.165, 1.54) is 0 Å². The average molecular weight is 401 g/mol. The molecule has 1 N–H and O–H groups in total. The van der Waals surface area contributed by atoms with Crippen LogP contribution >= 0.6 is 23.2 Å². The standard InChI is InChI=1S/C21H18Cl2N2O2/c1-13-10-19(14(2)25(13)12-15-6-8-16(22)9-7-15)20(26)21(27)24-18-5-3-4-17(23)11-18/h3-11H,12H2,1-2H3,(H,24,27). The van der Waals surface area contributed by atoms with Crippen molar-refractivity contribution in [1.82, 2.24) is 4.57 Å². The summed E-state index contributed by atoms with van der Waals surface area (Å²) < 4.78 is 2.00. The monoisotopic (exact) mass is 400 g/mol. The third-order valence-electron chi connectivity index (χ3n) is 4.36. The summed E-state index contributed by atoms with van der Waals surface area (Å²) >= 11 is 11.8. The number of rotatable bonds is 5. The van der Waals surface area contributed by atoms with Crippen LogP contribution in [0.2, 0.25) is 10.0 Å². The fraction of sp³-hybridized carbons (Fsp3) is 0.143. The predicted molar refractivity (Wildman–Crippen MR) is 109 cm³/mol. The van der Waals surface area contributed by atoms with Crippen LogP contribution in [-0.4, -0.2) is 16.3 Å². The number of hydrogen-bond donors (Lipinski definition) is 1. The molecule has 0 fully saturated rings. The average Bonchev–Trinajstić information content (AvgIpc) is 2.91. The van der Waals surface area contributed by atoms with E-state index in [4.69, 9.17) is 23.2 Å². The third-order valence-corrected chi connectivity index (χ3v) is 4.85. The van der Waals surface area contributed by atoms with Crippen molar-refractivity contribution >= 4 is 40.6 Å². The van der Waals surface area contributed by atoms with Crippen molar-refractivity contribution in [3.8, 4) is 0 Å². The molecule has 0 saturated heterocycles. The van der Waals surface area contributed by atoms with Crippen LogP contribution in [-0.2, 0) is 11.3 Å². The second-order valence-corrected chi connectivity index (χ2v) is 7.16. The Bertz CT molecular complexity index is 1010. The molecule has 0 atom stereocenters. The topological polar surface area (TPSA) is 51.1 Å². The summed E-state index contributed by atoms with van der Waals surface area (Å²) in [7, 11) is 0. The van der Waals surface area contributed by atoms with Crippen molar-refractivity contribution in [3.63, 3.8) is 0 Å². The van der Waals surface area contributed by atoms with Crippen LogP contribution in [0.1, 0.15) is 27.3 Å². The second-order valence-electron chi connectivity index (χ2n) is 6.29. The zero-order valence-electron chi connectivity index (χ0n) is 14.9. The summed E-state index contributed by atoms with van der Waals surface area (Å²) in [6.07, 6.45) is 0. The lowest BCUT2D eigenvalue weighted by molar-refractivity contribution is -0.112. The van der Waals surface area contributed by atoms with Crippen LogP contribution < -0.4 is 5.32 Å². The van der Waals surface area contributed by atoms with E-state index in [2.05, 4.69) is 5.32 Å². The molecule has 1 aromatic heterocycles. The van der Waals surface area contributed by atoms with Gasteiger partial charge in [-0.05, 0) is 55.8 Å². The summed E-state index contributed by atoms with van der Waals surface area (Å²) in [4.78, 5) is 25.0. The third kappa shape index (κ3) is 4.41. The van der Waals surface area contributed by atoms with Gasteiger partial charge in [-0.2, -0.15) is 0 Å². The summed E-state index contributed by atoms with van der Waals surface area (Å²) in [5.41, 5.74) is 3.58. The largest absolute Gasteiger partial charge is 0.344 e. The van der Waals surface area contributed by atoms with E-state index in [1.807, 2.05) is 42.7 Å². The molecule has 138 valence electrons. The van der Waals surface area contributed by atoms with Crippen LogP contribution in [0.25, 0.3) is 0 Å². The molecule has 0 bridgehead atoms. The lowest BCUT2D eigenvalue weighted by Crippen LogP contribution is -2.23. The molecule has 0 spiro atoms. The number of aryl methyl sites for hydroxylation is 1. The molecule has 0 saturated carbocycles. The van der Waals surface area contributed by atoms with Crippen LogP contribution in [0.4, 0.5) is 5.69 Å². The molecule has 27 heavy (non-hydrogen) atoms. The van der Waals surface area contributed by atoms with Crippen LogP contribution in [0.5, 0.6) is 0 Å². The van der Waals surface area contributed by atoms with Crippen LogP contribution in [0.3, 0.4) is 0 Å². The SMILES string of the molecule is Cc1cc(C(=O)C(=O)Nc2cccc(Cl)c2)c(C)n1Cc1ccc(Cl)cc1. The first kappa shape index (κ1) is 19.2. The molecular weight excluding hydrogens is 383 g/mol. The van der Waals surface area contributed by atoms with Gasteiger partial charge in [0, 0.05) is 39.2 Å². The number of halogens is 2. The summed E-state index contributed by atoms with van der Waals surface area (Å²) in [5.74, 6) is -1.27. The van der Waals surface area contributed by atoms with Crippen molar-refractivity contribution in [1.29, 1.82) is 0 Å². The van der Waals surface area contributed by atoms with Gasteiger partial charge in [-0.1, -0.05) is 41.4 Å². The van der Waals surface area contributed by atoms with E-state index in [-0.39, 0.29) is 0 Å². The number of carbonyl (C=O) groups is 2. The number of anilines is 1. The number of aromatic nitrogens is 1. The fourth-order valence-electron chi connectivity index (χ4n) is 2.92. The Labute approximate surface area is 167 Å². The van der Waals surface area contributed by atoms with Gasteiger partial charge in [-0.3, -0.25) is 9.59 Å². The molecule has 0 aliphatic carbocycles. The Morgan fingerprint density at radius 2 is 1.67 bits per heavy atom. The molecule has 4 nitrogen and oxygen atoms in total. The molecule has 0 aliphatic heterocycles. The number of hydrogen-bond acceptors (Lipinski definition) is 2. The number of amides is 1. The first-order valence-electron chi connectivity index (χ1n) is 8.37. The number of ketones is 1. The maximum Gasteiger partial charge on any atom is 0.296 e. The minimum absolute atomic E-state index is 0.390. The number of benzene rings is 2. The molecule has 2 aromatic carbocycles. The van der Waals surface area contributed by atoms with Gasteiger partial charge in [0.05, 0.1) is 0 Å². The summed E-state index contributed by atoms with van der Waals surface area (Å²) in [5, 5.41) is 3.76. The van der Waals surface area contributed by atoms with Crippen LogP contribution in [0, 0.1) is 13.8 Å². The van der Waals surface area contributed by atoms with E-state index in [0.29, 0.717) is 27.8 Å². The molecule has 0 radical (unpaired) electrons. The minimum atomic E-state index is -0.691. The Balaban J connectivity index is 1.81. The molecule has 3 aromatic rings. The summed E-state index contributed by atoms with van der Waals surface area (Å²) in [6, 6.07) is 16.0. The van der Waals surface area contributed by atoms with Crippen molar-refractivity contribution in [2.24, 2.45) is 0 Å². The van der Waals surface area contributed by atoms with Gasteiger partial charge in [0.25, 0.3) is 11.7 Å². The maximum atomic E-state index is 12.6. The van der Waals surface area contributed by atoms with Gasteiger partial charge in [-0.15, -0.1) is 0 Å². The molecule has 0 aliphatic rings. The van der Waals surface area contributed by atoms with E-state index < -0.39 is 11.7 Å². The molecule has 6 heteroatoms. The van der Waals surface area contributed by atoms with Gasteiger partial charge in [0.2, 0.25) is 0 Å². The van der Waals surface area contributed by atoms with E-state index in [0.717, 1.165) is 17.0 Å². The van der Waals surface area contributed by atoms with E-state index in [1.54, 1.807) is 30.3 Å². The summed E-state index contributed by atoms with van der Waals surface area (Å²) in [6.45, 7) is 4.34. The molecule has 1 heterocycles. The predicted octanol–water partition coefficient (Wildman–Crippen LogP) is 5.28. The van der Waals surface area contributed by atoms with Gasteiger partial charge >= 0.3 is 0 Å². The lowest BCUT2D eigenvalue weighted by atomic mass is 10.1. The number of nitrogens with one attached hydrogen (secondary N) is 1. The Kier molecular flexibility index (Phi) is 5.68. The Hall–Kier alpha value is -2.56. The van der Waals surface area contributed by atoms with Gasteiger partial charge in [0.15, 0.2) is 0 Å². The highest BCUT2D eigenvalue weighted by molar-refractivity contribution is 6.47. The highest BCUT2D eigenvalue weighted by Gasteiger charge is 2.22. The normalized spacial score (nSPS) is 10.7. The van der Waals surface area contributed by atoms with Gasteiger partial charge in [-0.25, -0.2) is 0 Å².